The SMILES string of the molecule is O.O.O=Cc1ccc(NS)nc1.[HH]. The highest BCUT2D eigenvalue weighted by Gasteiger charge is 1.89. The zero-order valence-electron chi connectivity index (χ0n) is 6.11. The molecule has 0 amide bonds. The predicted molar refractivity (Wildman–Crippen MR) is 51.6 cm³/mol. The molecule has 1 aromatic rings. The van der Waals surface area contributed by atoms with Gasteiger partial charge < -0.3 is 15.7 Å². The van der Waals surface area contributed by atoms with Gasteiger partial charge in [-0.25, -0.2) is 4.98 Å². The van der Waals surface area contributed by atoms with E-state index < -0.39 is 0 Å². The van der Waals surface area contributed by atoms with Crippen molar-refractivity contribution in [2.75, 3.05) is 4.72 Å². The standard InChI is InChI=1S/C6H6N2OS.2H2O.H2/c9-4-5-1-2-6(8-10)7-3-5;;;/h1-4,10H,(H,7,8);2*1H2;1H. The number of hydrogen-bond acceptors (Lipinski definition) is 4. The molecule has 5 N–H and O–H groups in total. The second-order valence-corrected chi connectivity index (χ2v) is 1.93. The summed E-state index contributed by atoms with van der Waals surface area (Å²) in [7, 11) is 0. The third kappa shape index (κ3) is 3.33. The summed E-state index contributed by atoms with van der Waals surface area (Å²) in [6.07, 6.45) is 2.22. The molecular weight excluding hydrogens is 180 g/mol. The van der Waals surface area contributed by atoms with Gasteiger partial charge >= 0.3 is 0 Å². The molecule has 0 saturated heterocycles. The monoisotopic (exact) mass is 192 g/mol. The number of nitrogens with zero attached hydrogens (tertiary/aromatic N) is 1. The lowest BCUT2D eigenvalue weighted by Crippen LogP contribution is -1.86. The molecule has 6 heteroatoms. The van der Waals surface area contributed by atoms with E-state index in [4.69, 9.17) is 0 Å². The van der Waals surface area contributed by atoms with E-state index in [1.54, 1.807) is 12.1 Å². The summed E-state index contributed by atoms with van der Waals surface area (Å²) in [4.78, 5) is 14.0. The number of nitrogens with one attached hydrogen (secondary N) is 1. The molecule has 1 heterocycles. The lowest BCUT2D eigenvalue weighted by molar-refractivity contribution is 0.112. The molecule has 0 radical (unpaired) electrons. The number of aromatic nitrogens is 1. The maximum atomic E-state index is 10.1. The minimum atomic E-state index is 0. The lowest BCUT2D eigenvalue weighted by Gasteiger charge is -1.94. The Kier molecular flexibility index (Phi) is 7.40. The van der Waals surface area contributed by atoms with Gasteiger partial charge in [0, 0.05) is 13.2 Å². The van der Waals surface area contributed by atoms with Crippen molar-refractivity contribution in [3.8, 4) is 0 Å². The second kappa shape index (κ2) is 6.59. The Hall–Kier alpha value is -1.11. The lowest BCUT2D eigenvalue weighted by atomic mass is 10.3. The number of aldehydes is 1. The van der Waals surface area contributed by atoms with Crippen LogP contribution in [0.15, 0.2) is 18.3 Å². The van der Waals surface area contributed by atoms with Gasteiger partial charge in [-0.05, 0) is 12.1 Å². The van der Waals surface area contributed by atoms with Gasteiger partial charge in [-0.2, -0.15) is 0 Å². The summed E-state index contributed by atoms with van der Waals surface area (Å²) in [6.45, 7) is 0. The van der Waals surface area contributed by atoms with Gasteiger partial charge in [-0.3, -0.25) is 4.79 Å². The quantitative estimate of drug-likeness (QED) is 0.498. The normalized spacial score (nSPS) is 7.42. The minimum Gasteiger partial charge on any atom is -0.412 e. The van der Waals surface area contributed by atoms with E-state index in [0.717, 1.165) is 6.29 Å². The highest BCUT2D eigenvalue weighted by atomic mass is 32.1. The summed E-state index contributed by atoms with van der Waals surface area (Å²) >= 11 is 3.77. The summed E-state index contributed by atoms with van der Waals surface area (Å²) in [5, 5.41) is 0. The van der Waals surface area contributed by atoms with Crippen molar-refractivity contribution >= 4 is 24.9 Å². The van der Waals surface area contributed by atoms with E-state index >= 15 is 0 Å². The molecule has 0 fully saturated rings. The van der Waals surface area contributed by atoms with E-state index in [9.17, 15) is 4.79 Å². The number of thiol groups is 1. The van der Waals surface area contributed by atoms with Crippen LogP contribution >= 0.6 is 12.8 Å². The Morgan fingerprint density at radius 2 is 2.17 bits per heavy atom. The highest BCUT2D eigenvalue weighted by Crippen LogP contribution is 2.02. The van der Waals surface area contributed by atoms with Crippen molar-refractivity contribution in [1.29, 1.82) is 0 Å². The van der Waals surface area contributed by atoms with E-state index in [1.807, 2.05) is 0 Å². The molecule has 0 aliphatic heterocycles. The zero-order chi connectivity index (χ0) is 7.40. The van der Waals surface area contributed by atoms with Gasteiger partial charge in [-0.15, -0.1) is 0 Å². The van der Waals surface area contributed by atoms with Crippen LogP contribution in [0.2, 0.25) is 0 Å². The summed E-state index contributed by atoms with van der Waals surface area (Å²) < 4.78 is 2.55. The average Bonchev–Trinajstić information content (AvgIpc) is 2.05. The Balaban J connectivity index is -0.000000333. The maximum absolute atomic E-state index is 10.1. The van der Waals surface area contributed by atoms with Crippen molar-refractivity contribution in [1.82, 2.24) is 4.98 Å². The first-order chi connectivity index (χ1) is 4.86. The largest absolute Gasteiger partial charge is 0.412 e. The summed E-state index contributed by atoms with van der Waals surface area (Å²) in [5.74, 6) is 0.633. The van der Waals surface area contributed by atoms with Crippen LogP contribution in [0.25, 0.3) is 0 Å². The van der Waals surface area contributed by atoms with E-state index in [0.29, 0.717) is 11.4 Å². The number of pyridine rings is 1. The van der Waals surface area contributed by atoms with Gasteiger partial charge in [0.05, 0.1) is 0 Å². The Morgan fingerprint density at radius 3 is 2.50 bits per heavy atom. The summed E-state index contributed by atoms with van der Waals surface area (Å²) in [6, 6.07) is 3.34. The number of carbonyl (C=O) groups is 1. The first-order valence-corrected chi connectivity index (χ1v) is 3.13. The molecule has 0 saturated carbocycles. The van der Waals surface area contributed by atoms with Crippen LogP contribution in [-0.4, -0.2) is 22.2 Å². The average molecular weight is 192 g/mol. The van der Waals surface area contributed by atoms with E-state index in [-0.39, 0.29) is 12.4 Å². The molecule has 0 aliphatic carbocycles. The topological polar surface area (TPSA) is 105 Å². The number of anilines is 1. The Labute approximate surface area is 76.5 Å². The van der Waals surface area contributed by atoms with Crippen LogP contribution in [0.4, 0.5) is 5.82 Å². The molecule has 1 aromatic heterocycles. The molecule has 70 valence electrons. The first kappa shape index (κ1) is 13.5. The van der Waals surface area contributed by atoms with Crippen LogP contribution in [0.3, 0.4) is 0 Å². The fraction of sp³-hybridized carbons (Fsp3) is 0. The molecule has 0 unspecified atom stereocenters. The van der Waals surface area contributed by atoms with Crippen molar-refractivity contribution < 1.29 is 17.2 Å². The molecular formula is C6H12N2O3S. The Morgan fingerprint density at radius 1 is 1.50 bits per heavy atom. The molecule has 12 heavy (non-hydrogen) atoms. The number of hydrogen-bond donors (Lipinski definition) is 2. The third-order valence-corrected chi connectivity index (χ3v) is 1.27. The van der Waals surface area contributed by atoms with Gasteiger partial charge in [0.2, 0.25) is 0 Å². The first-order valence-electron chi connectivity index (χ1n) is 2.68. The van der Waals surface area contributed by atoms with Gasteiger partial charge in [0.25, 0.3) is 0 Å². The van der Waals surface area contributed by atoms with Crippen LogP contribution in [0, 0.1) is 0 Å². The smallest absolute Gasteiger partial charge is 0.151 e. The zero-order valence-corrected chi connectivity index (χ0v) is 7.01. The van der Waals surface area contributed by atoms with E-state index in [1.165, 1.54) is 6.20 Å². The second-order valence-electron chi connectivity index (χ2n) is 1.71. The van der Waals surface area contributed by atoms with Gasteiger partial charge in [0.1, 0.15) is 5.82 Å². The molecule has 1 rings (SSSR count). The molecule has 0 aromatic carbocycles. The minimum absolute atomic E-state index is 0. The fourth-order valence-corrected chi connectivity index (χ4v) is 0.673. The fourth-order valence-electron chi connectivity index (χ4n) is 0.541. The number of carbonyl (C=O) groups excluding carboxylic acids is 1. The highest BCUT2D eigenvalue weighted by molar-refractivity contribution is 7.81. The van der Waals surface area contributed by atoms with Crippen molar-refractivity contribution in [2.45, 2.75) is 0 Å². The van der Waals surface area contributed by atoms with Gasteiger partial charge in [0.15, 0.2) is 6.29 Å². The van der Waals surface area contributed by atoms with E-state index in [2.05, 4.69) is 22.5 Å². The van der Waals surface area contributed by atoms with Gasteiger partial charge in [-0.1, -0.05) is 12.8 Å². The maximum Gasteiger partial charge on any atom is 0.151 e. The molecule has 0 aliphatic rings. The third-order valence-electron chi connectivity index (χ3n) is 1.04. The molecule has 0 bridgehead atoms. The van der Waals surface area contributed by atoms with Crippen LogP contribution in [0.1, 0.15) is 11.8 Å². The molecule has 0 atom stereocenters. The number of rotatable bonds is 2. The van der Waals surface area contributed by atoms with Crippen molar-refractivity contribution in [2.24, 2.45) is 0 Å². The summed E-state index contributed by atoms with van der Waals surface area (Å²) in [5.41, 5.74) is 0.562. The van der Waals surface area contributed by atoms with Crippen molar-refractivity contribution in [3.63, 3.8) is 0 Å². The van der Waals surface area contributed by atoms with Crippen LogP contribution < -0.4 is 4.72 Å². The molecule has 5 nitrogen and oxygen atoms in total. The predicted octanol–water partition coefficient (Wildman–Crippen LogP) is -0.253. The van der Waals surface area contributed by atoms with Crippen molar-refractivity contribution in [3.05, 3.63) is 23.9 Å². The Bertz CT molecular complexity index is 232. The van der Waals surface area contributed by atoms with Crippen LogP contribution in [-0.2, 0) is 0 Å². The molecule has 0 spiro atoms. The van der Waals surface area contributed by atoms with Crippen LogP contribution in [0.5, 0.6) is 0 Å².